The SMILES string of the molecule is CN=C(NCCC#Cc1csc(Oc2cccc(OC)c2)n1)c1ccccc1N. The summed E-state index contributed by atoms with van der Waals surface area (Å²) in [5.74, 6) is 8.34. The normalized spacial score (nSPS) is 10.8. The Kier molecular flexibility index (Phi) is 7.09. The summed E-state index contributed by atoms with van der Waals surface area (Å²) < 4.78 is 10.9. The smallest absolute Gasteiger partial charge is 0.279 e. The van der Waals surface area contributed by atoms with Crippen LogP contribution in [0, 0.1) is 11.8 Å². The number of benzene rings is 2. The molecule has 148 valence electrons. The highest BCUT2D eigenvalue weighted by atomic mass is 32.1. The minimum Gasteiger partial charge on any atom is -0.497 e. The molecule has 3 N–H and O–H groups in total. The molecule has 3 rings (SSSR count). The third-order valence-corrected chi connectivity index (χ3v) is 4.65. The van der Waals surface area contributed by atoms with Crippen molar-refractivity contribution in [2.75, 3.05) is 26.4 Å². The quantitative estimate of drug-likeness (QED) is 0.213. The van der Waals surface area contributed by atoms with Crippen molar-refractivity contribution >= 4 is 22.9 Å². The first-order valence-corrected chi connectivity index (χ1v) is 9.89. The summed E-state index contributed by atoms with van der Waals surface area (Å²) in [6.07, 6.45) is 0.648. The fourth-order valence-electron chi connectivity index (χ4n) is 2.53. The zero-order chi connectivity index (χ0) is 20.5. The summed E-state index contributed by atoms with van der Waals surface area (Å²) in [7, 11) is 3.36. The van der Waals surface area contributed by atoms with E-state index in [1.165, 1.54) is 11.3 Å². The summed E-state index contributed by atoms with van der Waals surface area (Å²) in [6.45, 7) is 0.658. The van der Waals surface area contributed by atoms with E-state index in [1.807, 2.05) is 53.9 Å². The molecule has 0 aliphatic heterocycles. The lowest BCUT2D eigenvalue weighted by atomic mass is 10.1. The Labute approximate surface area is 174 Å². The van der Waals surface area contributed by atoms with Crippen molar-refractivity contribution in [2.24, 2.45) is 4.99 Å². The van der Waals surface area contributed by atoms with Crippen molar-refractivity contribution < 1.29 is 9.47 Å². The molecule has 0 saturated heterocycles. The van der Waals surface area contributed by atoms with Gasteiger partial charge in [0, 0.05) is 42.7 Å². The van der Waals surface area contributed by atoms with Crippen LogP contribution in [0.25, 0.3) is 0 Å². The van der Waals surface area contributed by atoms with Crippen LogP contribution in [0.3, 0.4) is 0 Å². The molecular formula is C22H22N4O2S. The molecule has 0 amide bonds. The molecular weight excluding hydrogens is 384 g/mol. The standard InChI is InChI=1S/C22H22N4O2S/c1-24-21(19-11-3-4-12-20(19)23)25-13-6-5-8-16-15-29-22(26-16)28-18-10-7-9-17(14-18)27-2/h3-4,7,9-12,14-15H,6,13,23H2,1-2H3,(H,24,25). The van der Waals surface area contributed by atoms with Crippen LogP contribution >= 0.6 is 11.3 Å². The van der Waals surface area contributed by atoms with E-state index >= 15 is 0 Å². The number of anilines is 1. The van der Waals surface area contributed by atoms with Gasteiger partial charge in [0.2, 0.25) is 0 Å². The number of methoxy groups -OCH3 is 1. The molecule has 0 fully saturated rings. The fraction of sp³-hybridized carbons (Fsp3) is 0.182. The highest BCUT2D eigenvalue weighted by Gasteiger charge is 2.05. The predicted octanol–water partition coefficient (Wildman–Crippen LogP) is 3.93. The first-order chi connectivity index (χ1) is 14.2. The number of nitrogens with two attached hydrogens (primary N) is 1. The summed E-state index contributed by atoms with van der Waals surface area (Å²) in [5, 5.41) is 5.69. The monoisotopic (exact) mass is 406 g/mol. The molecule has 0 saturated carbocycles. The third-order valence-electron chi connectivity index (χ3n) is 3.93. The number of nitrogens with zero attached hydrogens (tertiary/aromatic N) is 2. The number of para-hydroxylation sites is 1. The van der Waals surface area contributed by atoms with Gasteiger partial charge in [-0.15, -0.1) is 0 Å². The number of rotatable bonds is 6. The number of ether oxygens (including phenoxy) is 2. The molecule has 6 nitrogen and oxygen atoms in total. The Morgan fingerprint density at radius 3 is 2.83 bits per heavy atom. The van der Waals surface area contributed by atoms with Crippen LogP contribution in [-0.4, -0.2) is 31.5 Å². The number of nitrogens with one attached hydrogen (secondary N) is 1. The minimum atomic E-state index is 0.542. The largest absolute Gasteiger partial charge is 0.497 e. The van der Waals surface area contributed by atoms with E-state index in [1.54, 1.807) is 14.2 Å². The fourth-order valence-corrected chi connectivity index (χ4v) is 3.15. The van der Waals surface area contributed by atoms with E-state index in [4.69, 9.17) is 15.2 Å². The van der Waals surface area contributed by atoms with Crippen LogP contribution in [0.1, 0.15) is 17.7 Å². The number of aliphatic imine (C=N–C) groups is 1. The summed E-state index contributed by atoms with van der Waals surface area (Å²) in [5.41, 5.74) is 8.27. The zero-order valence-electron chi connectivity index (χ0n) is 16.3. The van der Waals surface area contributed by atoms with Gasteiger partial charge >= 0.3 is 0 Å². The van der Waals surface area contributed by atoms with Gasteiger partial charge in [0.05, 0.1) is 7.11 Å². The first kappa shape index (κ1) is 20.2. The maximum Gasteiger partial charge on any atom is 0.279 e. The Balaban J connectivity index is 1.51. The molecule has 1 aromatic heterocycles. The number of amidine groups is 1. The first-order valence-electron chi connectivity index (χ1n) is 9.01. The third kappa shape index (κ3) is 5.74. The molecule has 0 unspecified atom stereocenters. The van der Waals surface area contributed by atoms with Crippen LogP contribution in [0.4, 0.5) is 5.69 Å². The van der Waals surface area contributed by atoms with Crippen molar-refractivity contribution in [1.29, 1.82) is 0 Å². The molecule has 1 heterocycles. The average molecular weight is 407 g/mol. The topological polar surface area (TPSA) is 81.8 Å². The van der Waals surface area contributed by atoms with Gasteiger partial charge < -0.3 is 20.5 Å². The van der Waals surface area contributed by atoms with Crippen LogP contribution in [0.2, 0.25) is 0 Å². The molecule has 2 aromatic carbocycles. The molecule has 0 bridgehead atoms. The van der Waals surface area contributed by atoms with Gasteiger partial charge in [-0.2, -0.15) is 4.98 Å². The van der Waals surface area contributed by atoms with Crippen LogP contribution < -0.4 is 20.5 Å². The zero-order valence-corrected chi connectivity index (χ0v) is 17.1. The van der Waals surface area contributed by atoms with Gasteiger partial charge in [-0.1, -0.05) is 35.5 Å². The van der Waals surface area contributed by atoms with E-state index in [2.05, 4.69) is 27.1 Å². The van der Waals surface area contributed by atoms with Gasteiger partial charge in [0.25, 0.3) is 5.19 Å². The molecule has 7 heteroatoms. The van der Waals surface area contributed by atoms with Crippen LogP contribution in [0.15, 0.2) is 58.9 Å². The van der Waals surface area contributed by atoms with Gasteiger partial charge in [-0.3, -0.25) is 4.99 Å². The summed E-state index contributed by atoms with van der Waals surface area (Å²) >= 11 is 1.40. The number of nitrogen functional groups attached to an aromatic ring is 1. The average Bonchev–Trinajstić information content (AvgIpc) is 3.19. The minimum absolute atomic E-state index is 0.542. The maximum absolute atomic E-state index is 6.00. The summed E-state index contributed by atoms with van der Waals surface area (Å²) in [4.78, 5) is 8.66. The van der Waals surface area contributed by atoms with E-state index < -0.39 is 0 Å². The highest BCUT2D eigenvalue weighted by molar-refractivity contribution is 7.11. The predicted molar refractivity (Wildman–Crippen MR) is 118 cm³/mol. The van der Waals surface area contributed by atoms with Gasteiger partial charge in [0.1, 0.15) is 23.0 Å². The number of hydrogen-bond donors (Lipinski definition) is 2. The van der Waals surface area contributed by atoms with Gasteiger partial charge in [-0.05, 0) is 30.2 Å². The number of hydrogen-bond acceptors (Lipinski definition) is 6. The van der Waals surface area contributed by atoms with Crippen molar-refractivity contribution in [1.82, 2.24) is 10.3 Å². The molecule has 0 spiro atoms. The number of aromatic nitrogens is 1. The van der Waals surface area contributed by atoms with E-state index in [-0.39, 0.29) is 0 Å². The molecule has 0 atom stereocenters. The van der Waals surface area contributed by atoms with Gasteiger partial charge in [0.15, 0.2) is 0 Å². The van der Waals surface area contributed by atoms with Crippen LogP contribution in [-0.2, 0) is 0 Å². The maximum atomic E-state index is 6.00. The molecule has 3 aromatic rings. The lowest BCUT2D eigenvalue weighted by molar-refractivity contribution is 0.409. The molecule has 0 aliphatic rings. The summed E-state index contributed by atoms with van der Waals surface area (Å²) in [6, 6.07) is 15.0. The second-order valence-electron chi connectivity index (χ2n) is 5.92. The van der Waals surface area contributed by atoms with Crippen molar-refractivity contribution in [2.45, 2.75) is 6.42 Å². The molecule has 0 radical (unpaired) electrons. The van der Waals surface area contributed by atoms with Crippen molar-refractivity contribution in [3.05, 3.63) is 65.2 Å². The Hall–Kier alpha value is -3.50. The van der Waals surface area contributed by atoms with Crippen molar-refractivity contribution in [3.8, 4) is 28.5 Å². The lowest BCUT2D eigenvalue weighted by Gasteiger charge is -2.10. The second-order valence-corrected chi connectivity index (χ2v) is 6.74. The lowest BCUT2D eigenvalue weighted by Crippen LogP contribution is -2.26. The molecule has 29 heavy (non-hydrogen) atoms. The van der Waals surface area contributed by atoms with Crippen LogP contribution in [0.5, 0.6) is 16.7 Å². The Morgan fingerprint density at radius 1 is 1.21 bits per heavy atom. The Bertz CT molecular complexity index is 1050. The second kappa shape index (κ2) is 10.2. The van der Waals surface area contributed by atoms with E-state index in [0.717, 1.165) is 17.1 Å². The Morgan fingerprint density at radius 2 is 2.03 bits per heavy atom. The highest BCUT2D eigenvalue weighted by Crippen LogP contribution is 2.27. The van der Waals surface area contributed by atoms with E-state index in [9.17, 15) is 0 Å². The molecule has 0 aliphatic carbocycles. The van der Waals surface area contributed by atoms with Gasteiger partial charge in [-0.25, -0.2) is 0 Å². The number of thiazole rings is 1. The van der Waals surface area contributed by atoms with E-state index in [0.29, 0.717) is 35.3 Å². The van der Waals surface area contributed by atoms with Crippen molar-refractivity contribution in [3.63, 3.8) is 0 Å².